The van der Waals surface area contributed by atoms with E-state index < -0.39 is 0 Å². The Morgan fingerprint density at radius 2 is 1.69 bits per heavy atom. The summed E-state index contributed by atoms with van der Waals surface area (Å²) < 4.78 is 11.7. The average Bonchev–Trinajstić information content (AvgIpc) is 3.08. The van der Waals surface area contributed by atoms with Crippen molar-refractivity contribution < 1.29 is 14.3 Å². The van der Waals surface area contributed by atoms with Crippen LogP contribution in [0.1, 0.15) is 54.9 Å². The normalized spacial score (nSPS) is 10.3. The number of hydrogen-bond donors (Lipinski definition) is 2. The number of rotatable bonds is 8. The second-order valence-electron chi connectivity index (χ2n) is 6.74. The summed E-state index contributed by atoms with van der Waals surface area (Å²) in [6.07, 6.45) is 8.79. The van der Waals surface area contributed by atoms with E-state index in [-0.39, 0.29) is 17.5 Å². The zero-order valence-corrected chi connectivity index (χ0v) is 20.8. The van der Waals surface area contributed by atoms with Crippen LogP contribution >= 0.6 is 0 Å². The Morgan fingerprint density at radius 1 is 1.09 bits per heavy atom. The monoisotopic (exact) mass is 451 g/mol. The standard InChI is InChI=1S/C12H17N5O3.C5H8O.C4H10.C2H6/c1-3-4-5-17-10-8(14-12(17)18)9(13)15-11(16-10)20-7-6-19-2;1-2-3-4-5-6;1-4(2)3;1-2/h3-4H,5-7H2,1-2H3,(H,14,18)(H2,13,15,16);2-3,5H,4H2,1H3;4H,1-3H3;1-2H3/b4-3+;3-2-;;. The molecule has 0 saturated heterocycles. The molecule has 0 saturated carbocycles. The Balaban J connectivity index is 0. The smallest absolute Gasteiger partial charge is 0.328 e. The first-order chi connectivity index (χ1) is 15.3. The predicted octanol–water partition coefficient (Wildman–Crippen LogP) is 4.14. The molecule has 0 aromatic carbocycles. The number of aldehydes is 1. The fraction of sp³-hybridized carbons (Fsp3) is 0.565. The van der Waals surface area contributed by atoms with E-state index in [0.29, 0.717) is 37.3 Å². The Hall–Kier alpha value is -2.94. The summed E-state index contributed by atoms with van der Waals surface area (Å²) in [6.45, 7) is 15.4. The van der Waals surface area contributed by atoms with Gasteiger partial charge in [-0.3, -0.25) is 4.57 Å². The summed E-state index contributed by atoms with van der Waals surface area (Å²) in [7, 11) is 1.57. The molecule has 32 heavy (non-hydrogen) atoms. The van der Waals surface area contributed by atoms with Crippen molar-refractivity contribution in [2.45, 2.75) is 61.4 Å². The number of carbonyl (C=O) groups is 1. The molecule has 2 heterocycles. The van der Waals surface area contributed by atoms with Crippen molar-refractivity contribution in [2.75, 3.05) is 26.1 Å². The van der Waals surface area contributed by atoms with Crippen LogP contribution in [0, 0.1) is 5.92 Å². The molecule has 2 aromatic heterocycles. The number of methoxy groups -OCH3 is 1. The quantitative estimate of drug-likeness (QED) is 0.351. The third-order valence-corrected chi connectivity index (χ3v) is 3.14. The number of allylic oxidation sites excluding steroid dienone is 4. The van der Waals surface area contributed by atoms with Crippen LogP contribution in [0.3, 0.4) is 0 Å². The third kappa shape index (κ3) is 13.4. The SMILES string of the molecule is C/C=C/Cn1c(=O)[nH]c2c(N)nc(OCCOC)nc21.C/C=C\CC=O.CC.CC(C)C. The van der Waals surface area contributed by atoms with Crippen LogP contribution in [0.25, 0.3) is 11.2 Å². The van der Waals surface area contributed by atoms with Gasteiger partial charge in [-0.05, 0) is 19.8 Å². The fourth-order valence-corrected chi connectivity index (χ4v) is 1.88. The summed E-state index contributed by atoms with van der Waals surface area (Å²) in [5.41, 5.74) is 6.36. The molecule has 0 aliphatic carbocycles. The lowest BCUT2D eigenvalue weighted by atomic mass is 10.3. The minimum Gasteiger partial charge on any atom is -0.461 e. The number of aromatic nitrogens is 4. The summed E-state index contributed by atoms with van der Waals surface area (Å²) in [4.78, 5) is 32.2. The highest BCUT2D eigenvalue weighted by Gasteiger charge is 2.13. The first-order valence-electron chi connectivity index (χ1n) is 10.9. The minimum atomic E-state index is -0.284. The summed E-state index contributed by atoms with van der Waals surface area (Å²) >= 11 is 0. The number of nitrogens with two attached hydrogens (primary N) is 1. The van der Waals surface area contributed by atoms with Crippen LogP contribution < -0.4 is 16.2 Å². The molecular formula is C23H41N5O4. The molecule has 0 spiro atoms. The molecule has 0 radical (unpaired) electrons. The van der Waals surface area contributed by atoms with Crippen molar-refractivity contribution in [3.05, 3.63) is 34.8 Å². The minimum absolute atomic E-state index is 0.125. The number of ether oxygens (including phenoxy) is 2. The molecule has 0 unspecified atom stereocenters. The van der Waals surface area contributed by atoms with Gasteiger partial charge >= 0.3 is 11.7 Å². The molecule has 0 aliphatic rings. The molecule has 3 N–H and O–H groups in total. The number of hydrogen-bond acceptors (Lipinski definition) is 7. The number of nitrogens with zero attached hydrogens (tertiary/aromatic N) is 3. The van der Waals surface area contributed by atoms with Crippen molar-refractivity contribution in [3.8, 4) is 6.01 Å². The lowest BCUT2D eigenvalue weighted by molar-refractivity contribution is -0.107. The van der Waals surface area contributed by atoms with Crippen LogP contribution in [0.15, 0.2) is 29.1 Å². The number of nitrogen functional groups attached to an aromatic ring is 1. The van der Waals surface area contributed by atoms with Crippen LogP contribution in [-0.2, 0) is 16.1 Å². The topological polar surface area (TPSA) is 125 Å². The predicted molar refractivity (Wildman–Crippen MR) is 132 cm³/mol. The number of carbonyl (C=O) groups excluding carboxylic acids is 1. The summed E-state index contributed by atoms with van der Waals surface area (Å²) in [5.74, 6) is 1.01. The highest BCUT2D eigenvalue weighted by Crippen LogP contribution is 2.17. The molecule has 9 heteroatoms. The van der Waals surface area contributed by atoms with Gasteiger partial charge in [-0.2, -0.15) is 9.97 Å². The molecule has 0 fully saturated rings. The van der Waals surface area contributed by atoms with E-state index in [1.54, 1.807) is 7.11 Å². The zero-order valence-electron chi connectivity index (χ0n) is 20.8. The van der Waals surface area contributed by atoms with Crippen LogP contribution in [0.5, 0.6) is 6.01 Å². The van der Waals surface area contributed by atoms with Gasteiger partial charge in [-0.15, -0.1) is 0 Å². The Kier molecular flexibility index (Phi) is 19.5. The highest BCUT2D eigenvalue weighted by molar-refractivity contribution is 5.81. The van der Waals surface area contributed by atoms with Gasteiger partial charge in [0.1, 0.15) is 18.4 Å². The molecule has 0 aliphatic heterocycles. The third-order valence-electron chi connectivity index (χ3n) is 3.14. The lowest BCUT2D eigenvalue weighted by Gasteiger charge is -2.05. The van der Waals surface area contributed by atoms with E-state index in [9.17, 15) is 9.59 Å². The molecule has 0 atom stereocenters. The van der Waals surface area contributed by atoms with Crippen molar-refractivity contribution >= 4 is 23.3 Å². The lowest BCUT2D eigenvalue weighted by Crippen LogP contribution is -2.16. The van der Waals surface area contributed by atoms with Crippen LogP contribution in [-0.4, -0.2) is 46.1 Å². The maximum absolute atomic E-state index is 11.9. The summed E-state index contributed by atoms with van der Waals surface area (Å²) in [6, 6.07) is 0.125. The molecule has 2 rings (SSSR count). The van der Waals surface area contributed by atoms with Crippen molar-refractivity contribution in [1.82, 2.24) is 19.5 Å². The number of aromatic amines is 1. The van der Waals surface area contributed by atoms with E-state index in [0.717, 1.165) is 12.2 Å². The zero-order chi connectivity index (χ0) is 24.9. The fourth-order valence-electron chi connectivity index (χ4n) is 1.88. The largest absolute Gasteiger partial charge is 0.461 e. The van der Waals surface area contributed by atoms with Gasteiger partial charge in [0.2, 0.25) is 0 Å². The first-order valence-corrected chi connectivity index (χ1v) is 10.9. The highest BCUT2D eigenvalue weighted by atomic mass is 16.5. The number of anilines is 1. The Labute approximate surface area is 191 Å². The Morgan fingerprint density at radius 3 is 2.16 bits per heavy atom. The molecule has 0 amide bonds. The van der Waals surface area contributed by atoms with Gasteiger partial charge in [0.25, 0.3) is 0 Å². The molecule has 9 nitrogen and oxygen atoms in total. The number of imidazole rings is 1. The van der Waals surface area contributed by atoms with Crippen molar-refractivity contribution in [1.29, 1.82) is 0 Å². The maximum atomic E-state index is 11.9. The second kappa shape index (κ2) is 20.0. The van der Waals surface area contributed by atoms with Gasteiger partial charge < -0.3 is 25.0 Å². The van der Waals surface area contributed by atoms with Gasteiger partial charge in [0.05, 0.1) is 6.61 Å². The Bertz CT molecular complexity index is 851. The molecule has 182 valence electrons. The molecule has 2 aromatic rings. The van der Waals surface area contributed by atoms with Gasteiger partial charge in [0.15, 0.2) is 11.5 Å². The number of nitrogens with one attached hydrogen (secondary N) is 1. The van der Waals surface area contributed by atoms with Crippen LogP contribution in [0.4, 0.5) is 5.82 Å². The van der Waals surface area contributed by atoms with Crippen molar-refractivity contribution in [2.24, 2.45) is 5.92 Å². The van der Waals surface area contributed by atoms with Crippen LogP contribution in [0.2, 0.25) is 0 Å². The van der Waals surface area contributed by atoms with Crippen molar-refractivity contribution in [3.63, 3.8) is 0 Å². The average molecular weight is 452 g/mol. The van der Waals surface area contributed by atoms with E-state index in [1.165, 1.54) is 4.57 Å². The maximum Gasteiger partial charge on any atom is 0.328 e. The molecule has 0 bridgehead atoms. The van der Waals surface area contributed by atoms with Gasteiger partial charge in [-0.25, -0.2) is 4.79 Å². The van der Waals surface area contributed by atoms with E-state index >= 15 is 0 Å². The van der Waals surface area contributed by atoms with E-state index in [2.05, 4.69) is 35.7 Å². The van der Waals surface area contributed by atoms with Gasteiger partial charge in [-0.1, -0.05) is 58.9 Å². The molecular weight excluding hydrogens is 410 g/mol. The number of H-pyrrole nitrogens is 1. The summed E-state index contributed by atoms with van der Waals surface area (Å²) in [5, 5.41) is 0. The second-order valence-corrected chi connectivity index (χ2v) is 6.74. The first kappa shape index (κ1) is 31.2. The number of fused-ring (bicyclic) bond motifs is 1. The van der Waals surface area contributed by atoms with E-state index in [4.69, 9.17) is 15.2 Å². The van der Waals surface area contributed by atoms with E-state index in [1.807, 2.05) is 52.0 Å². The van der Waals surface area contributed by atoms with Gasteiger partial charge in [0, 0.05) is 20.1 Å².